The highest BCUT2D eigenvalue weighted by atomic mass is 16.3. The summed E-state index contributed by atoms with van der Waals surface area (Å²) in [5.74, 6) is 0.292. The summed E-state index contributed by atoms with van der Waals surface area (Å²) in [5.41, 5.74) is 2.75. The highest BCUT2D eigenvalue weighted by Crippen LogP contribution is 2.34. The van der Waals surface area contributed by atoms with E-state index < -0.39 is 0 Å². The van der Waals surface area contributed by atoms with Crippen molar-refractivity contribution in [1.29, 1.82) is 0 Å². The molecule has 0 amide bonds. The van der Waals surface area contributed by atoms with Gasteiger partial charge in [0.25, 0.3) is 0 Å². The summed E-state index contributed by atoms with van der Waals surface area (Å²) in [6.45, 7) is 6.80. The highest BCUT2D eigenvalue weighted by molar-refractivity contribution is 5.34. The average Bonchev–Trinajstić information content (AvgIpc) is 2.38. The molecular formula is C15H23NO. The van der Waals surface area contributed by atoms with Gasteiger partial charge in [0.1, 0.15) is 0 Å². The summed E-state index contributed by atoms with van der Waals surface area (Å²) in [5, 5.41) is 9.72. The predicted octanol–water partition coefficient (Wildman–Crippen LogP) is 2.77. The molecule has 2 heteroatoms. The van der Waals surface area contributed by atoms with E-state index in [0.717, 1.165) is 13.1 Å². The maximum Gasteiger partial charge on any atom is 0.0514 e. The third-order valence-electron chi connectivity index (χ3n) is 3.95. The fourth-order valence-corrected chi connectivity index (χ4v) is 3.08. The first-order chi connectivity index (χ1) is 8.31. The minimum atomic E-state index is 0.262. The van der Waals surface area contributed by atoms with Gasteiger partial charge in [-0.3, -0.25) is 4.90 Å². The second-order valence-corrected chi connectivity index (χ2v) is 4.91. The van der Waals surface area contributed by atoms with E-state index in [0.29, 0.717) is 12.0 Å². The monoisotopic (exact) mass is 233 g/mol. The number of rotatable bonds is 4. The zero-order chi connectivity index (χ0) is 12.3. The van der Waals surface area contributed by atoms with Gasteiger partial charge >= 0.3 is 0 Å². The van der Waals surface area contributed by atoms with Crippen LogP contribution in [-0.2, 0) is 6.54 Å². The van der Waals surface area contributed by atoms with Crippen molar-refractivity contribution in [2.75, 3.05) is 13.2 Å². The molecule has 0 radical (unpaired) electrons. The molecule has 1 aliphatic heterocycles. The first-order valence-corrected chi connectivity index (χ1v) is 6.74. The van der Waals surface area contributed by atoms with Crippen molar-refractivity contribution in [2.45, 2.75) is 45.2 Å². The summed E-state index contributed by atoms with van der Waals surface area (Å²) in [7, 11) is 0. The zero-order valence-electron chi connectivity index (χ0n) is 10.9. The van der Waals surface area contributed by atoms with Gasteiger partial charge in [-0.15, -0.1) is 0 Å². The molecule has 1 aromatic carbocycles. The Balaban J connectivity index is 2.34. The van der Waals surface area contributed by atoms with Crippen LogP contribution in [0.1, 0.15) is 43.7 Å². The minimum absolute atomic E-state index is 0.262. The largest absolute Gasteiger partial charge is 0.396 e. The van der Waals surface area contributed by atoms with Crippen molar-refractivity contribution in [2.24, 2.45) is 0 Å². The number of aliphatic hydroxyl groups excluding tert-OH is 1. The smallest absolute Gasteiger partial charge is 0.0514 e. The normalized spacial score (nSPS) is 24.6. The van der Waals surface area contributed by atoms with E-state index in [1.807, 2.05) is 0 Å². The molecule has 0 fully saturated rings. The van der Waals surface area contributed by atoms with E-state index in [1.54, 1.807) is 0 Å². The fourth-order valence-electron chi connectivity index (χ4n) is 3.08. The lowest BCUT2D eigenvalue weighted by Crippen LogP contribution is -2.44. The van der Waals surface area contributed by atoms with Crippen LogP contribution in [0.4, 0.5) is 0 Å². The lowest BCUT2D eigenvalue weighted by atomic mass is 9.82. The molecule has 0 saturated carbocycles. The number of fused-ring (bicyclic) bond motifs is 1. The van der Waals surface area contributed by atoms with Gasteiger partial charge < -0.3 is 5.11 Å². The van der Waals surface area contributed by atoms with Crippen LogP contribution < -0.4 is 0 Å². The molecule has 94 valence electrons. The van der Waals surface area contributed by atoms with E-state index in [-0.39, 0.29) is 6.61 Å². The molecule has 2 atom stereocenters. The molecule has 0 unspecified atom stereocenters. The van der Waals surface area contributed by atoms with Gasteiger partial charge in [0.2, 0.25) is 0 Å². The molecular weight excluding hydrogens is 210 g/mol. The first kappa shape index (κ1) is 12.6. The predicted molar refractivity (Wildman–Crippen MR) is 71.0 cm³/mol. The molecule has 0 bridgehead atoms. The standard InChI is InChI=1S/C15H23NO/c1-3-7-15-14(11-17)13-9-6-5-8-12(13)10-16(15)4-2/h5-6,8-9,14-15,17H,3-4,7,10-11H2,1-2H3/t14-,15+/m1/s1. The van der Waals surface area contributed by atoms with Crippen LogP contribution in [0.15, 0.2) is 24.3 Å². The molecule has 2 nitrogen and oxygen atoms in total. The number of hydrogen-bond acceptors (Lipinski definition) is 2. The van der Waals surface area contributed by atoms with Crippen LogP contribution in [0.2, 0.25) is 0 Å². The molecule has 1 N–H and O–H groups in total. The third kappa shape index (κ3) is 2.38. The van der Waals surface area contributed by atoms with Gasteiger partial charge in [-0.25, -0.2) is 0 Å². The number of aliphatic hydroxyl groups is 1. The van der Waals surface area contributed by atoms with Gasteiger partial charge in [0, 0.05) is 18.5 Å². The lowest BCUT2D eigenvalue weighted by Gasteiger charge is -2.41. The van der Waals surface area contributed by atoms with Crippen LogP contribution in [0.5, 0.6) is 0 Å². The van der Waals surface area contributed by atoms with Crippen LogP contribution in [-0.4, -0.2) is 29.2 Å². The Morgan fingerprint density at radius 1 is 1.29 bits per heavy atom. The van der Waals surface area contributed by atoms with Gasteiger partial charge in [-0.1, -0.05) is 44.5 Å². The molecule has 0 saturated heterocycles. The van der Waals surface area contributed by atoms with E-state index in [4.69, 9.17) is 0 Å². The molecule has 0 spiro atoms. The lowest BCUT2D eigenvalue weighted by molar-refractivity contribution is 0.109. The minimum Gasteiger partial charge on any atom is -0.396 e. The number of benzene rings is 1. The first-order valence-electron chi connectivity index (χ1n) is 6.74. The van der Waals surface area contributed by atoms with Crippen LogP contribution in [0.25, 0.3) is 0 Å². The highest BCUT2D eigenvalue weighted by Gasteiger charge is 2.32. The average molecular weight is 233 g/mol. The van der Waals surface area contributed by atoms with Crippen LogP contribution in [0.3, 0.4) is 0 Å². The van der Waals surface area contributed by atoms with Crippen molar-refractivity contribution in [3.8, 4) is 0 Å². The van der Waals surface area contributed by atoms with E-state index in [2.05, 4.69) is 43.0 Å². The Kier molecular flexibility index (Phi) is 4.19. The summed E-state index contributed by atoms with van der Waals surface area (Å²) >= 11 is 0. The summed E-state index contributed by atoms with van der Waals surface area (Å²) in [6.07, 6.45) is 2.35. The summed E-state index contributed by atoms with van der Waals surface area (Å²) in [6, 6.07) is 9.08. The van der Waals surface area contributed by atoms with E-state index >= 15 is 0 Å². The van der Waals surface area contributed by atoms with Crippen molar-refractivity contribution < 1.29 is 5.11 Å². The molecule has 1 aromatic rings. The fraction of sp³-hybridized carbons (Fsp3) is 0.600. The van der Waals surface area contributed by atoms with Crippen molar-refractivity contribution in [1.82, 2.24) is 4.90 Å². The SMILES string of the molecule is CCC[C@H]1[C@H](CO)c2ccccc2CN1CC. The van der Waals surface area contributed by atoms with Crippen molar-refractivity contribution in [3.05, 3.63) is 35.4 Å². The van der Waals surface area contributed by atoms with Crippen LogP contribution in [0, 0.1) is 0 Å². The molecule has 17 heavy (non-hydrogen) atoms. The maximum atomic E-state index is 9.72. The van der Waals surface area contributed by atoms with Gasteiger partial charge in [0.05, 0.1) is 6.61 Å². The Morgan fingerprint density at radius 3 is 2.71 bits per heavy atom. The maximum absolute atomic E-state index is 9.72. The van der Waals surface area contributed by atoms with Crippen LogP contribution >= 0.6 is 0 Å². The number of hydrogen-bond donors (Lipinski definition) is 1. The third-order valence-corrected chi connectivity index (χ3v) is 3.95. The van der Waals surface area contributed by atoms with Crippen molar-refractivity contribution >= 4 is 0 Å². The number of likely N-dealkylation sites (N-methyl/N-ethyl adjacent to an activating group) is 1. The number of nitrogens with zero attached hydrogens (tertiary/aromatic N) is 1. The second-order valence-electron chi connectivity index (χ2n) is 4.91. The van der Waals surface area contributed by atoms with E-state index in [1.165, 1.54) is 24.0 Å². The van der Waals surface area contributed by atoms with Gasteiger partial charge in [-0.05, 0) is 24.1 Å². The zero-order valence-corrected chi connectivity index (χ0v) is 10.9. The Labute approximate surface area is 104 Å². The summed E-state index contributed by atoms with van der Waals surface area (Å²) < 4.78 is 0. The quantitative estimate of drug-likeness (QED) is 0.864. The Bertz CT molecular complexity index is 364. The second kappa shape index (κ2) is 5.65. The molecule has 1 heterocycles. The molecule has 0 aliphatic carbocycles. The Morgan fingerprint density at radius 2 is 2.06 bits per heavy atom. The van der Waals surface area contributed by atoms with Crippen molar-refractivity contribution in [3.63, 3.8) is 0 Å². The van der Waals surface area contributed by atoms with Gasteiger partial charge in [-0.2, -0.15) is 0 Å². The molecule has 1 aliphatic rings. The molecule has 2 rings (SSSR count). The summed E-state index contributed by atoms with van der Waals surface area (Å²) in [4.78, 5) is 2.51. The molecule has 0 aromatic heterocycles. The van der Waals surface area contributed by atoms with E-state index in [9.17, 15) is 5.11 Å². The van der Waals surface area contributed by atoms with Gasteiger partial charge in [0.15, 0.2) is 0 Å². The topological polar surface area (TPSA) is 23.5 Å². The Hall–Kier alpha value is -0.860.